The van der Waals surface area contributed by atoms with Crippen LogP contribution in [0.3, 0.4) is 0 Å². The molecule has 154 valence electrons. The van der Waals surface area contributed by atoms with E-state index in [1.165, 1.54) is 27.0 Å². The fraction of sp³-hybridized carbons (Fsp3) is 0.190. The van der Waals surface area contributed by atoms with E-state index in [-0.39, 0.29) is 5.56 Å². The fourth-order valence-corrected chi connectivity index (χ4v) is 3.93. The number of thiophene rings is 1. The van der Waals surface area contributed by atoms with Crippen LogP contribution in [0.4, 0.5) is 10.5 Å². The molecule has 1 aliphatic carbocycles. The van der Waals surface area contributed by atoms with Crippen molar-refractivity contribution in [3.63, 3.8) is 0 Å². The summed E-state index contributed by atoms with van der Waals surface area (Å²) < 4.78 is 1.51. The van der Waals surface area contributed by atoms with Crippen LogP contribution in [0.5, 0.6) is 0 Å². The highest BCUT2D eigenvalue weighted by Gasteiger charge is 2.29. The molecule has 0 atom stereocenters. The lowest BCUT2D eigenvalue weighted by molar-refractivity contribution is 0.0836. The predicted octanol–water partition coefficient (Wildman–Crippen LogP) is 4.14. The van der Waals surface area contributed by atoms with E-state index >= 15 is 0 Å². The Hall–Kier alpha value is -3.10. The van der Waals surface area contributed by atoms with Crippen LogP contribution in [-0.4, -0.2) is 28.1 Å². The summed E-state index contributed by atoms with van der Waals surface area (Å²) in [5, 5.41) is 6.17. The molecule has 0 radical (unpaired) electrons. The molecule has 30 heavy (non-hydrogen) atoms. The van der Waals surface area contributed by atoms with Crippen molar-refractivity contribution in [2.24, 2.45) is 5.92 Å². The minimum atomic E-state index is -0.437. The van der Waals surface area contributed by atoms with Crippen LogP contribution in [0, 0.1) is 5.92 Å². The fourth-order valence-electron chi connectivity index (χ4n) is 2.90. The van der Waals surface area contributed by atoms with Gasteiger partial charge in [0.15, 0.2) is 0 Å². The number of hydrogen-bond acceptors (Lipinski definition) is 4. The number of nitrogens with zero attached hydrogens (tertiary/aromatic N) is 2. The zero-order valence-electron chi connectivity index (χ0n) is 15.9. The third-order valence-electron chi connectivity index (χ3n) is 4.66. The number of carbonyl (C=O) groups excluding carboxylic acids is 2. The number of carbonyl (C=O) groups is 2. The quantitative estimate of drug-likeness (QED) is 0.582. The van der Waals surface area contributed by atoms with Gasteiger partial charge in [-0.3, -0.25) is 19.6 Å². The Morgan fingerprint density at radius 3 is 2.53 bits per heavy atom. The molecule has 7 nitrogen and oxygen atoms in total. The Labute approximate surface area is 181 Å². The van der Waals surface area contributed by atoms with Gasteiger partial charge in [-0.2, -0.15) is 0 Å². The number of amides is 3. The van der Waals surface area contributed by atoms with E-state index < -0.39 is 11.9 Å². The number of rotatable bonds is 5. The molecule has 9 heteroatoms. The summed E-state index contributed by atoms with van der Waals surface area (Å²) in [5.41, 5.74) is 3.76. The Bertz CT molecular complexity index is 1120. The van der Waals surface area contributed by atoms with E-state index in [0.29, 0.717) is 33.7 Å². The molecule has 2 N–H and O–H groups in total. The van der Waals surface area contributed by atoms with Crippen molar-refractivity contribution >= 4 is 40.6 Å². The maximum absolute atomic E-state index is 12.8. The standard InChI is InChI=1S/C21H19ClN4O3S/c22-17-10-12-30-19(17)20(28)24-26(13-14-4-5-14)21(29)23-15-6-8-16(9-7-15)25-11-2-1-3-18(25)27/h1-3,6-12,14H,4-5,13H2,(H,23,29)(H,24,28). The maximum Gasteiger partial charge on any atom is 0.340 e. The number of anilines is 1. The predicted molar refractivity (Wildman–Crippen MR) is 117 cm³/mol. The number of nitrogens with one attached hydrogen (secondary N) is 2. The van der Waals surface area contributed by atoms with Gasteiger partial charge in [0.2, 0.25) is 0 Å². The topological polar surface area (TPSA) is 83.4 Å². The summed E-state index contributed by atoms with van der Waals surface area (Å²) in [6, 6.07) is 13.0. The normalized spacial score (nSPS) is 13.0. The van der Waals surface area contributed by atoms with E-state index in [9.17, 15) is 14.4 Å². The van der Waals surface area contributed by atoms with Gasteiger partial charge in [-0.1, -0.05) is 17.7 Å². The number of hydrogen-bond donors (Lipinski definition) is 2. The van der Waals surface area contributed by atoms with Crippen LogP contribution in [-0.2, 0) is 0 Å². The molecule has 2 aromatic heterocycles. The summed E-state index contributed by atoms with van der Waals surface area (Å²) in [4.78, 5) is 37.6. The van der Waals surface area contributed by atoms with E-state index in [1.54, 1.807) is 54.0 Å². The molecule has 2 heterocycles. The van der Waals surface area contributed by atoms with E-state index in [4.69, 9.17) is 11.6 Å². The molecule has 1 fully saturated rings. The van der Waals surface area contributed by atoms with E-state index in [1.807, 2.05) is 0 Å². The molecule has 3 aromatic rings. The number of pyridine rings is 1. The van der Waals surface area contributed by atoms with Crippen molar-refractivity contribution in [1.82, 2.24) is 15.0 Å². The highest BCUT2D eigenvalue weighted by atomic mass is 35.5. The summed E-state index contributed by atoms with van der Waals surface area (Å²) in [7, 11) is 0. The van der Waals surface area contributed by atoms with Crippen molar-refractivity contribution in [2.75, 3.05) is 11.9 Å². The third-order valence-corrected chi connectivity index (χ3v) is 6.00. The number of aromatic nitrogens is 1. The lowest BCUT2D eigenvalue weighted by Crippen LogP contribution is -2.49. The third kappa shape index (κ3) is 4.72. The average molecular weight is 443 g/mol. The smallest absolute Gasteiger partial charge is 0.306 e. The van der Waals surface area contributed by atoms with E-state index in [0.717, 1.165) is 12.8 Å². The van der Waals surface area contributed by atoms with Crippen LogP contribution in [0.2, 0.25) is 5.02 Å². The summed E-state index contributed by atoms with van der Waals surface area (Å²) >= 11 is 7.25. The number of hydrazine groups is 1. The summed E-state index contributed by atoms with van der Waals surface area (Å²) in [6.07, 6.45) is 3.73. The van der Waals surface area contributed by atoms with Crippen molar-refractivity contribution in [2.45, 2.75) is 12.8 Å². The van der Waals surface area contributed by atoms with Gasteiger partial charge in [-0.15, -0.1) is 11.3 Å². The molecule has 1 aliphatic rings. The first-order valence-electron chi connectivity index (χ1n) is 9.42. The van der Waals surface area contributed by atoms with Crippen LogP contribution in [0.25, 0.3) is 5.69 Å². The maximum atomic E-state index is 12.8. The van der Waals surface area contributed by atoms with Gasteiger partial charge >= 0.3 is 6.03 Å². The average Bonchev–Trinajstić information content (AvgIpc) is 3.45. The Morgan fingerprint density at radius 1 is 1.13 bits per heavy atom. The lowest BCUT2D eigenvalue weighted by atomic mass is 10.2. The number of benzene rings is 1. The second-order valence-electron chi connectivity index (χ2n) is 6.98. The van der Waals surface area contributed by atoms with Gasteiger partial charge in [-0.05, 0) is 60.5 Å². The van der Waals surface area contributed by atoms with Gasteiger partial charge in [0.1, 0.15) is 4.88 Å². The van der Waals surface area contributed by atoms with Gasteiger partial charge in [0.25, 0.3) is 11.5 Å². The van der Waals surface area contributed by atoms with Crippen molar-refractivity contribution in [3.8, 4) is 5.69 Å². The zero-order chi connectivity index (χ0) is 21.1. The molecule has 0 spiro atoms. The molecular formula is C21H19ClN4O3S. The molecular weight excluding hydrogens is 424 g/mol. The minimum Gasteiger partial charge on any atom is -0.306 e. The molecule has 1 saturated carbocycles. The molecule has 1 aromatic carbocycles. The second kappa shape index (κ2) is 8.73. The summed E-state index contributed by atoms with van der Waals surface area (Å²) in [6.45, 7) is 0.429. The Kier molecular flexibility index (Phi) is 5.87. The van der Waals surface area contributed by atoms with Crippen LogP contribution in [0.1, 0.15) is 22.5 Å². The summed E-state index contributed by atoms with van der Waals surface area (Å²) in [5.74, 6) is -0.0354. The molecule has 0 unspecified atom stereocenters. The first-order valence-corrected chi connectivity index (χ1v) is 10.7. The van der Waals surface area contributed by atoms with Crippen molar-refractivity contribution in [1.29, 1.82) is 0 Å². The molecule has 3 amide bonds. The molecule has 0 aliphatic heterocycles. The molecule has 4 rings (SSSR count). The number of halogens is 1. The minimum absolute atomic E-state index is 0.139. The second-order valence-corrected chi connectivity index (χ2v) is 8.30. The Balaban J connectivity index is 1.45. The van der Waals surface area contributed by atoms with Gasteiger partial charge < -0.3 is 5.32 Å². The Morgan fingerprint density at radius 2 is 1.90 bits per heavy atom. The van der Waals surface area contributed by atoms with Crippen LogP contribution >= 0.6 is 22.9 Å². The van der Waals surface area contributed by atoms with Crippen molar-refractivity contribution < 1.29 is 9.59 Å². The van der Waals surface area contributed by atoms with Crippen LogP contribution in [0.15, 0.2) is 64.9 Å². The number of urea groups is 1. The van der Waals surface area contributed by atoms with E-state index in [2.05, 4.69) is 10.7 Å². The highest BCUT2D eigenvalue weighted by Crippen LogP contribution is 2.30. The molecule has 0 saturated heterocycles. The first-order chi connectivity index (χ1) is 14.5. The SMILES string of the molecule is O=C(NN(CC1CC1)C(=O)Nc1ccc(-n2ccccc2=O)cc1)c1sccc1Cl. The highest BCUT2D eigenvalue weighted by molar-refractivity contribution is 7.12. The molecule has 0 bridgehead atoms. The van der Waals surface area contributed by atoms with Crippen LogP contribution < -0.4 is 16.3 Å². The first kappa shape index (κ1) is 20.2. The lowest BCUT2D eigenvalue weighted by Gasteiger charge is -2.23. The largest absolute Gasteiger partial charge is 0.340 e. The van der Waals surface area contributed by atoms with Gasteiger partial charge in [0, 0.05) is 30.2 Å². The monoisotopic (exact) mass is 442 g/mol. The van der Waals surface area contributed by atoms with Gasteiger partial charge in [-0.25, -0.2) is 9.80 Å². The van der Waals surface area contributed by atoms with Gasteiger partial charge in [0.05, 0.1) is 5.02 Å². The van der Waals surface area contributed by atoms with Crippen molar-refractivity contribution in [3.05, 3.63) is 80.4 Å². The zero-order valence-corrected chi connectivity index (χ0v) is 17.4.